The summed E-state index contributed by atoms with van der Waals surface area (Å²) >= 11 is 0. The molecule has 1 aromatic carbocycles. The maximum atomic E-state index is 8.73. The lowest BCUT2D eigenvalue weighted by molar-refractivity contribution is 0.532. The fourth-order valence-corrected chi connectivity index (χ4v) is 1.90. The summed E-state index contributed by atoms with van der Waals surface area (Å²) in [6, 6.07) is 10.3. The number of rotatable bonds is 5. The third-order valence-corrected chi connectivity index (χ3v) is 2.97. The van der Waals surface area contributed by atoms with Crippen LogP contribution in [0.1, 0.15) is 50.2 Å². The second-order valence-corrected chi connectivity index (χ2v) is 4.39. The molecule has 0 fully saturated rings. The molecule has 2 N–H and O–H groups in total. The van der Waals surface area contributed by atoms with Crippen molar-refractivity contribution in [1.82, 2.24) is 0 Å². The van der Waals surface area contributed by atoms with Gasteiger partial charge < -0.3 is 5.73 Å². The number of nitrogens with two attached hydrogens (primary N) is 1. The Labute approximate surface area is 98.1 Å². The normalized spacial score (nSPS) is 14.1. The Kier molecular flexibility index (Phi) is 5.01. The first kappa shape index (κ1) is 12.7. The molecule has 0 aliphatic carbocycles. The summed E-state index contributed by atoms with van der Waals surface area (Å²) in [5.41, 5.74) is 7.83. The smallest absolute Gasteiger partial charge is 0.0991 e. The van der Waals surface area contributed by atoms with Crippen LogP contribution in [0.5, 0.6) is 0 Å². The highest BCUT2D eigenvalue weighted by Crippen LogP contribution is 2.25. The van der Waals surface area contributed by atoms with Crippen LogP contribution in [-0.4, -0.2) is 6.04 Å². The minimum absolute atomic E-state index is 0.271. The molecule has 0 saturated carbocycles. The molecule has 2 heteroatoms. The summed E-state index contributed by atoms with van der Waals surface area (Å²) in [6.07, 6.45) is 3.30. The third kappa shape index (κ3) is 3.67. The molecule has 0 bridgehead atoms. The number of hydrogen-bond donors (Lipinski definition) is 1. The van der Waals surface area contributed by atoms with Crippen LogP contribution in [0.2, 0.25) is 0 Å². The molecule has 0 aliphatic rings. The zero-order valence-electron chi connectivity index (χ0n) is 10.1. The predicted molar refractivity (Wildman–Crippen MR) is 67.1 cm³/mol. The largest absolute Gasteiger partial charge is 0.328 e. The van der Waals surface area contributed by atoms with Gasteiger partial charge in [0.15, 0.2) is 0 Å². The van der Waals surface area contributed by atoms with Gasteiger partial charge in [0, 0.05) is 6.04 Å². The van der Waals surface area contributed by atoms with E-state index in [1.807, 2.05) is 19.1 Å². The standard InChI is InChI=1S/C14H20N2/c1-3-13(7-4-11(2)16)14-8-5-12(10-15)6-9-14/h5-6,8-9,11,13H,3-4,7,16H2,1-2H3. The highest BCUT2D eigenvalue weighted by molar-refractivity contribution is 5.33. The second-order valence-electron chi connectivity index (χ2n) is 4.39. The fourth-order valence-electron chi connectivity index (χ4n) is 1.90. The summed E-state index contributed by atoms with van der Waals surface area (Å²) in [5, 5.41) is 8.73. The van der Waals surface area contributed by atoms with Crippen LogP contribution in [0.3, 0.4) is 0 Å². The maximum Gasteiger partial charge on any atom is 0.0991 e. The lowest BCUT2D eigenvalue weighted by Crippen LogP contribution is -2.15. The quantitative estimate of drug-likeness (QED) is 0.821. The Hall–Kier alpha value is -1.33. The van der Waals surface area contributed by atoms with Crippen LogP contribution in [0.4, 0.5) is 0 Å². The van der Waals surface area contributed by atoms with Gasteiger partial charge in [-0.2, -0.15) is 5.26 Å². The zero-order valence-corrected chi connectivity index (χ0v) is 10.1. The van der Waals surface area contributed by atoms with Gasteiger partial charge >= 0.3 is 0 Å². The predicted octanol–water partition coefficient (Wildman–Crippen LogP) is 3.18. The highest BCUT2D eigenvalue weighted by atomic mass is 14.6. The fraction of sp³-hybridized carbons (Fsp3) is 0.500. The lowest BCUT2D eigenvalue weighted by atomic mass is 9.90. The number of nitrogens with zero attached hydrogens (tertiary/aromatic N) is 1. The van der Waals surface area contributed by atoms with E-state index in [2.05, 4.69) is 25.1 Å². The summed E-state index contributed by atoms with van der Waals surface area (Å²) in [6.45, 7) is 4.25. The Bertz CT molecular complexity index is 346. The number of nitriles is 1. The molecule has 0 heterocycles. The molecular weight excluding hydrogens is 196 g/mol. The van der Waals surface area contributed by atoms with Crippen LogP contribution in [0.15, 0.2) is 24.3 Å². The maximum absolute atomic E-state index is 8.73. The van der Waals surface area contributed by atoms with Crippen molar-refractivity contribution in [3.63, 3.8) is 0 Å². The van der Waals surface area contributed by atoms with Gasteiger partial charge in [-0.05, 0) is 49.8 Å². The van der Waals surface area contributed by atoms with Crippen molar-refractivity contribution in [1.29, 1.82) is 5.26 Å². The minimum atomic E-state index is 0.271. The van der Waals surface area contributed by atoms with E-state index in [-0.39, 0.29) is 6.04 Å². The van der Waals surface area contributed by atoms with E-state index in [1.54, 1.807) is 0 Å². The highest BCUT2D eigenvalue weighted by Gasteiger charge is 2.10. The Morgan fingerprint density at radius 1 is 1.25 bits per heavy atom. The van der Waals surface area contributed by atoms with Gasteiger partial charge in [-0.15, -0.1) is 0 Å². The zero-order chi connectivity index (χ0) is 12.0. The van der Waals surface area contributed by atoms with Crippen molar-refractivity contribution in [2.24, 2.45) is 5.73 Å². The van der Waals surface area contributed by atoms with E-state index in [4.69, 9.17) is 11.0 Å². The van der Waals surface area contributed by atoms with E-state index in [9.17, 15) is 0 Å². The molecule has 2 nitrogen and oxygen atoms in total. The monoisotopic (exact) mass is 216 g/mol. The Morgan fingerprint density at radius 2 is 1.88 bits per heavy atom. The van der Waals surface area contributed by atoms with Gasteiger partial charge in [0.1, 0.15) is 0 Å². The lowest BCUT2D eigenvalue weighted by Gasteiger charge is -2.16. The van der Waals surface area contributed by atoms with Gasteiger partial charge in [-0.1, -0.05) is 19.1 Å². The third-order valence-electron chi connectivity index (χ3n) is 2.97. The van der Waals surface area contributed by atoms with Crippen molar-refractivity contribution in [2.75, 3.05) is 0 Å². The molecular formula is C14H20N2. The summed E-state index contributed by atoms with van der Waals surface area (Å²) < 4.78 is 0. The van der Waals surface area contributed by atoms with E-state index >= 15 is 0 Å². The van der Waals surface area contributed by atoms with E-state index < -0.39 is 0 Å². The molecule has 86 valence electrons. The minimum Gasteiger partial charge on any atom is -0.328 e. The Balaban J connectivity index is 2.68. The van der Waals surface area contributed by atoms with Gasteiger partial charge in [-0.25, -0.2) is 0 Å². The summed E-state index contributed by atoms with van der Waals surface area (Å²) in [5.74, 6) is 0.568. The van der Waals surface area contributed by atoms with Crippen molar-refractivity contribution in [3.8, 4) is 6.07 Å². The molecule has 16 heavy (non-hydrogen) atoms. The molecule has 0 amide bonds. The van der Waals surface area contributed by atoms with Crippen molar-refractivity contribution in [3.05, 3.63) is 35.4 Å². The first-order chi connectivity index (χ1) is 7.67. The van der Waals surface area contributed by atoms with Gasteiger partial charge in [0.05, 0.1) is 11.6 Å². The average molecular weight is 216 g/mol. The first-order valence-electron chi connectivity index (χ1n) is 5.93. The van der Waals surface area contributed by atoms with Crippen molar-refractivity contribution in [2.45, 2.75) is 45.1 Å². The van der Waals surface area contributed by atoms with E-state index in [1.165, 1.54) is 5.56 Å². The molecule has 2 atom stereocenters. The molecule has 0 saturated heterocycles. The van der Waals surface area contributed by atoms with Crippen LogP contribution in [0.25, 0.3) is 0 Å². The van der Waals surface area contributed by atoms with Gasteiger partial charge in [-0.3, -0.25) is 0 Å². The Morgan fingerprint density at radius 3 is 2.31 bits per heavy atom. The van der Waals surface area contributed by atoms with Crippen LogP contribution >= 0.6 is 0 Å². The SMILES string of the molecule is CCC(CCC(C)N)c1ccc(C#N)cc1. The van der Waals surface area contributed by atoms with E-state index in [0.717, 1.165) is 24.8 Å². The number of hydrogen-bond acceptors (Lipinski definition) is 2. The average Bonchev–Trinajstić information content (AvgIpc) is 2.30. The molecule has 0 radical (unpaired) electrons. The topological polar surface area (TPSA) is 49.8 Å². The molecule has 0 aromatic heterocycles. The molecule has 1 aromatic rings. The molecule has 1 rings (SSSR count). The number of benzene rings is 1. The van der Waals surface area contributed by atoms with Crippen molar-refractivity contribution >= 4 is 0 Å². The molecule has 0 aliphatic heterocycles. The summed E-state index contributed by atoms with van der Waals surface area (Å²) in [4.78, 5) is 0. The van der Waals surface area contributed by atoms with Crippen LogP contribution in [-0.2, 0) is 0 Å². The van der Waals surface area contributed by atoms with E-state index in [0.29, 0.717) is 5.92 Å². The summed E-state index contributed by atoms with van der Waals surface area (Å²) in [7, 11) is 0. The van der Waals surface area contributed by atoms with Gasteiger partial charge in [0.25, 0.3) is 0 Å². The molecule has 2 unspecified atom stereocenters. The first-order valence-corrected chi connectivity index (χ1v) is 5.93. The van der Waals surface area contributed by atoms with Gasteiger partial charge in [0.2, 0.25) is 0 Å². The van der Waals surface area contributed by atoms with Crippen molar-refractivity contribution < 1.29 is 0 Å². The molecule has 0 spiro atoms. The second kappa shape index (κ2) is 6.30. The van der Waals surface area contributed by atoms with Crippen LogP contribution < -0.4 is 5.73 Å². The van der Waals surface area contributed by atoms with Crippen LogP contribution in [0, 0.1) is 11.3 Å².